The molecule has 1 N–H and O–H groups in total. The highest BCUT2D eigenvalue weighted by Gasteiger charge is 2.14. The summed E-state index contributed by atoms with van der Waals surface area (Å²) in [5.74, 6) is 2.21. The van der Waals surface area contributed by atoms with Crippen LogP contribution in [0.5, 0.6) is 23.0 Å². The van der Waals surface area contributed by atoms with Crippen LogP contribution in [0, 0.1) is 0 Å². The molecule has 0 aliphatic carbocycles. The fourth-order valence-corrected chi connectivity index (χ4v) is 2.72. The van der Waals surface area contributed by atoms with Crippen LogP contribution >= 0.6 is 0 Å². The molecule has 0 atom stereocenters. The van der Waals surface area contributed by atoms with Gasteiger partial charge in [-0.1, -0.05) is 37.3 Å². The van der Waals surface area contributed by atoms with Crippen LogP contribution < -0.4 is 19.5 Å². The van der Waals surface area contributed by atoms with E-state index in [-0.39, 0.29) is 5.91 Å². The molecule has 0 saturated heterocycles. The van der Waals surface area contributed by atoms with Crippen molar-refractivity contribution in [2.75, 3.05) is 18.5 Å². The first kappa shape index (κ1) is 20.3. The topological polar surface area (TPSA) is 56.8 Å². The van der Waals surface area contributed by atoms with Gasteiger partial charge in [-0.2, -0.15) is 0 Å². The number of carbonyl (C=O) groups is 1. The van der Waals surface area contributed by atoms with Gasteiger partial charge in [-0.15, -0.1) is 0 Å². The lowest BCUT2D eigenvalue weighted by Crippen LogP contribution is -2.13. The van der Waals surface area contributed by atoms with E-state index in [1.54, 1.807) is 24.3 Å². The Morgan fingerprint density at radius 2 is 1.59 bits per heavy atom. The minimum Gasteiger partial charge on any atom is -0.490 e. The van der Waals surface area contributed by atoms with Gasteiger partial charge in [-0.3, -0.25) is 4.79 Å². The monoisotopic (exact) mass is 391 g/mol. The van der Waals surface area contributed by atoms with Crippen LogP contribution in [-0.2, 0) is 0 Å². The third-order valence-corrected chi connectivity index (χ3v) is 4.07. The first-order valence-electron chi connectivity index (χ1n) is 9.74. The van der Waals surface area contributed by atoms with Gasteiger partial charge in [-0.05, 0) is 55.8 Å². The van der Waals surface area contributed by atoms with E-state index in [0.717, 1.165) is 6.42 Å². The Morgan fingerprint density at radius 1 is 0.828 bits per heavy atom. The Kier molecular flexibility index (Phi) is 7.11. The molecule has 5 nitrogen and oxygen atoms in total. The van der Waals surface area contributed by atoms with E-state index in [4.69, 9.17) is 14.2 Å². The number of carbonyl (C=O) groups excluding carboxylic acids is 1. The highest BCUT2D eigenvalue weighted by atomic mass is 16.5. The summed E-state index contributed by atoms with van der Waals surface area (Å²) in [4.78, 5) is 12.8. The van der Waals surface area contributed by atoms with Gasteiger partial charge >= 0.3 is 0 Å². The second-order valence-corrected chi connectivity index (χ2v) is 6.31. The van der Waals surface area contributed by atoms with E-state index < -0.39 is 0 Å². The molecule has 0 aliphatic rings. The molecule has 5 heteroatoms. The van der Waals surface area contributed by atoms with Crippen molar-refractivity contribution in [1.82, 2.24) is 0 Å². The lowest BCUT2D eigenvalue weighted by molar-refractivity contribution is 0.102. The molecule has 0 unspecified atom stereocenters. The lowest BCUT2D eigenvalue weighted by atomic mass is 10.1. The molecule has 3 aromatic carbocycles. The highest BCUT2D eigenvalue weighted by molar-refractivity contribution is 6.05. The Hall–Kier alpha value is -3.47. The first-order valence-corrected chi connectivity index (χ1v) is 9.74. The third kappa shape index (κ3) is 5.51. The largest absolute Gasteiger partial charge is 0.490 e. The SMILES string of the molecule is CCCOc1ccc(C(=O)Nc2ccccc2Oc2ccccc2)cc1OCC. The van der Waals surface area contributed by atoms with Gasteiger partial charge in [-0.25, -0.2) is 0 Å². The smallest absolute Gasteiger partial charge is 0.255 e. The van der Waals surface area contributed by atoms with Gasteiger partial charge < -0.3 is 19.5 Å². The quantitative estimate of drug-likeness (QED) is 0.492. The van der Waals surface area contributed by atoms with Crippen molar-refractivity contribution in [1.29, 1.82) is 0 Å². The molecule has 3 aromatic rings. The lowest BCUT2D eigenvalue weighted by Gasteiger charge is -2.14. The van der Waals surface area contributed by atoms with Crippen LogP contribution in [0.25, 0.3) is 0 Å². The summed E-state index contributed by atoms with van der Waals surface area (Å²) in [5, 5.41) is 2.92. The van der Waals surface area contributed by atoms with Gasteiger partial charge in [0.15, 0.2) is 17.2 Å². The number of ether oxygens (including phenoxy) is 3. The maximum atomic E-state index is 12.8. The van der Waals surface area contributed by atoms with E-state index >= 15 is 0 Å². The Balaban J connectivity index is 1.79. The summed E-state index contributed by atoms with van der Waals surface area (Å²) in [5.41, 5.74) is 1.07. The molecular weight excluding hydrogens is 366 g/mol. The number of rotatable bonds is 9. The summed E-state index contributed by atoms with van der Waals surface area (Å²) in [6.07, 6.45) is 0.895. The van der Waals surface area contributed by atoms with Crippen molar-refractivity contribution >= 4 is 11.6 Å². The van der Waals surface area contributed by atoms with Crippen LogP contribution in [-0.4, -0.2) is 19.1 Å². The van der Waals surface area contributed by atoms with Gasteiger partial charge in [0.1, 0.15) is 5.75 Å². The molecule has 0 spiro atoms. The molecule has 1 amide bonds. The predicted molar refractivity (Wildman–Crippen MR) is 114 cm³/mol. The van der Waals surface area contributed by atoms with Crippen molar-refractivity contribution in [2.24, 2.45) is 0 Å². The fraction of sp³-hybridized carbons (Fsp3) is 0.208. The van der Waals surface area contributed by atoms with Crippen LogP contribution in [0.15, 0.2) is 72.8 Å². The second kappa shape index (κ2) is 10.2. The van der Waals surface area contributed by atoms with Crippen LogP contribution in [0.4, 0.5) is 5.69 Å². The average molecular weight is 391 g/mol. The van der Waals surface area contributed by atoms with Crippen LogP contribution in [0.1, 0.15) is 30.6 Å². The summed E-state index contributed by atoms with van der Waals surface area (Å²) in [6, 6.07) is 22.0. The van der Waals surface area contributed by atoms with Crippen molar-refractivity contribution in [3.05, 3.63) is 78.4 Å². The maximum Gasteiger partial charge on any atom is 0.255 e. The molecule has 29 heavy (non-hydrogen) atoms. The van der Waals surface area contributed by atoms with E-state index in [9.17, 15) is 4.79 Å². The fourth-order valence-electron chi connectivity index (χ4n) is 2.72. The summed E-state index contributed by atoms with van der Waals surface area (Å²) in [7, 11) is 0. The molecule has 150 valence electrons. The summed E-state index contributed by atoms with van der Waals surface area (Å²) in [6.45, 7) is 5.02. The molecular formula is C24H25NO4. The molecule has 0 aromatic heterocycles. The molecule has 0 saturated carbocycles. The number of anilines is 1. The zero-order valence-corrected chi connectivity index (χ0v) is 16.7. The zero-order chi connectivity index (χ0) is 20.5. The standard InChI is InChI=1S/C24H25NO4/c1-3-16-28-22-15-14-18(17-23(22)27-4-2)24(26)25-20-12-8-9-13-21(20)29-19-10-6-5-7-11-19/h5-15,17H,3-4,16H2,1-2H3,(H,25,26). The van der Waals surface area contributed by atoms with Gasteiger partial charge in [0.2, 0.25) is 0 Å². The third-order valence-electron chi connectivity index (χ3n) is 4.07. The van der Waals surface area contributed by atoms with Gasteiger partial charge in [0.05, 0.1) is 18.9 Å². The van der Waals surface area contributed by atoms with Gasteiger partial charge in [0.25, 0.3) is 5.91 Å². The van der Waals surface area contributed by atoms with Crippen molar-refractivity contribution < 1.29 is 19.0 Å². The second-order valence-electron chi connectivity index (χ2n) is 6.31. The summed E-state index contributed by atoms with van der Waals surface area (Å²) >= 11 is 0. The molecule has 0 radical (unpaired) electrons. The molecule has 0 heterocycles. The molecule has 3 rings (SSSR count). The Morgan fingerprint density at radius 3 is 2.34 bits per heavy atom. The van der Waals surface area contributed by atoms with Crippen molar-refractivity contribution in [3.8, 4) is 23.0 Å². The molecule has 0 fully saturated rings. The minimum absolute atomic E-state index is 0.253. The van der Waals surface area contributed by atoms with Gasteiger partial charge in [0, 0.05) is 5.56 Å². The maximum absolute atomic E-state index is 12.8. The number of hydrogen-bond donors (Lipinski definition) is 1. The van der Waals surface area contributed by atoms with Crippen LogP contribution in [0.2, 0.25) is 0 Å². The van der Waals surface area contributed by atoms with E-state index in [1.807, 2.05) is 62.4 Å². The van der Waals surface area contributed by atoms with E-state index in [0.29, 0.717) is 47.5 Å². The molecule has 0 bridgehead atoms. The minimum atomic E-state index is -0.253. The number of amides is 1. The van der Waals surface area contributed by atoms with Crippen molar-refractivity contribution in [3.63, 3.8) is 0 Å². The predicted octanol–water partition coefficient (Wildman–Crippen LogP) is 5.92. The zero-order valence-electron chi connectivity index (χ0n) is 16.7. The number of nitrogens with one attached hydrogen (secondary N) is 1. The number of para-hydroxylation sites is 3. The Labute approximate surface area is 171 Å². The summed E-state index contributed by atoms with van der Waals surface area (Å²) < 4.78 is 17.3. The number of hydrogen-bond acceptors (Lipinski definition) is 4. The molecule has 0 aliphatic heterocycles. The van der Waals surface area contributed by atoms with Crippen LogP contribution in [0.3, 0.4) is 0 Å². The highest BCUT2D eigenvalue weighted by Crippen LogP contribution is 2.31. The normalized spacial score (nSPS) is 10.3. The van der Waals surface area contributed by atoms with Crippen molar-refractivity contribution in [2.45, 2.75) is 20.3 Å². The van der Waals surface area contributed by atoms with E-state index in [1.165, 1.54) is 0 Å². The van der Waals surface area contributed by atoms with E-state index in [2.05, 4.69) is 5.32 Å². The number of benzene rings is 3. The Bertz CT molecular complexity index is 941. The average Bonchev–Trinajstić information content (AvgIpc) is 2.75. The first-order chi connectivity index (χ1) is 14.2.